The normalized spacial score (nSPS) is 18.3. The minimum absolute atomic E-state index is 0.270. The van der Waals surface area contributed by atoms with E-state index in [1.165, 1.54) is 6.42 Å². The van der Waals surface area contributed by atoms with Gasteiger partial charge in [0.1, 0.15) is 5.54 Å². The van der Waals surface area contributed by atoms with Gasteiger partial charge in [-0.05, 0) is 47.0 Å². The first-order valence-corrected chi connectivity index (χ1v) is 7.24. The van der Waals surface area contributed by atoms with Gasteiger partial charge in [-0.2, -0.15) is 0 Å². The standard InChI is InChI=1S/C13H16BrClN2O/c14-10-8-9(4-5-11(10)15)17-13(12(16)18)6-2-1-3-7-13/h4-5,8,17H,1-3,6-7H2,(H2,16,18). The molecule has 1 amide bonds. The molecule has 1 saturated carbocycles. The van der Waals surface area contributed by atoms with E-state index in [2.05, 4.69) is 21.2 Å². The van der Waals surface area contributed by atoms with Gasteiger partial charge in [-0.15, -0.1) is 0 Å². The van der Waals surface area contributed by atoms with Gasteiger partial charge in [0.05, 0.1) is 5.02 Å². The Labute approximate surface area is 120 Å². The summed E-state index contributed by atoms with van der Waals surface area (Å²) in [5.41, 5.74) is 5.84. The van der Waals surface area contributed by atoms with Crippen LogP contribution < -0.4 is 11.1 Å². The highest BCUT2D eigenvalue weighted by Gasteiger charge is 2.37. The lowest BCUT2D eigenvalue weighted by atomic mass is 9.81. The van der Waals surface area contributed by atoms with Gasteiger partial charge in [0.15, 0.2) is 0 Å². The number of nitrogens with two attached hydrogens (primary N) is 1. The molecule has 0 bridgehead atoms. The zero-order valence-corrected chi connectivity index (χ0v) is 12.4. The van der Waals surface area contributed by atoms with Gasteiger partial charge in [-0.25, -0.2) is 0 Å². The molecule has 1 aromatic rings. The Hall–Kier alpha value is -0.740. The molecule has 0 heterocycles. The first-order chi connectivity index (χ1) is 8.53. The Kier molecular flexibility index (Phi) is 4.17. The van der Waals surface area contributed by atoms with E-state index in [4.69, 9.17) is 17.3 Å². The van der Waals surface area contributed by atoms with Gasteiger partial charge in [0, 0.05) is 10.2 Å². The van der Waals surface area contributed by atoms with E-state index in [-0.39, 0.29) is 5.91 Å². The van der Waals surface area contributed by atoms with Crippen molar-refractivity contribution in [2.24, 2.45) is 5.73 Å². The SMILES string of the molecule is NC(=O)C1(Nc2ccc(Cl)c(Br)c2)CCCCC1. The van der Waals surface area contributed by atoms with E-state index in [0.29, 0.717) is 5.02 Å². The summed E-state index contributed by atoms with van der Waals surface area (Å²) >= 11 is 9.33. The molecule has 98 valence electrons. The summed E-state index contributed by atoms with van der Waals surface area (Å²) in [4.78, 5) is 11.8. The van der Waals surface area contributed by atoms with Crippen LogP contribution in [0.15, 0.2) is 22.7 Å². The smallest absolute Gasteiger partial charge is 0.243 e. The van der Waals surface area contributed by atoms with Crippen molar-refractivity contribution in [2.45, 2.75) is 37.6 Å². The maximum atomic E-state index is 11.8. The number of hydrogen-bond donors (Lipinski definition) is 2. The Morgan fingerprint density at radius 3 is 2.56 bits per heavy atom. The number of carbonyl (C=O) groups is 1. The molecule has 1 aliphatic carbocycles. The monoisotopic (exact) mass is 330 g/mol. The van der Waals surface area contributed by atoms with E-state index in [1.54, 1.807) is 6.07 Å². The highest BCUT2D eigenvalue weighted by Crippen LogP contribution is 2.33. The van der Waals surface area contributed by atoms with Crippen LogP contribution in [0.1, 0.15) is 32.1 Å². The number of primary amides is 1. The third-order valence-electron chi connectivity index (χ3n) is 3.48. The van der Waals surface area contributed by atoms with Gasteiger partial charge in [0.25, 0.3) is 0 Å². The second-order valence-electron chi connectivity index (χ2n) is 4.76. The second kappa shape index (κ2) is 5.49. The second-order valence-corrected chi connectivity index (χ2v) is 6.02. The van der Waals surface area contributed by atoms with Crippen molar-refractivity contribution in [3.05, 3.63) is 27.7 Å². The van der Waals surface area contributed by atoms with Crippen molar-refractivity contribution in [1.82, 2.24) is 0 Å². The van der Waals surface area contributed by atoms with Crippen LogP contribution in [0.2, 0.25) is 5.02 Å². The molecular formula is C13H16BrClN2O. The third kappa shape index (κ3) is 2.81. The quantitative estimate of drug-likeness (QED) is 0.887. The molecule has 2 rings (SSSR count). The molecule has 1 aromatic carbocycles. The number of rotatable bonds is 3. The minimum atomic E-state index is -0.606. The van der Waals surface area contributed by atoms with E-state index in [1.807, 2.05) is 12.1 Å². The van der Waals surface area contributed by atoms with Gasteiger partial charge >= 0.3 is 0 Å². The molecule has 3 nitrogen and oxygen atoms in total. The highest BCUT2D eigenvalue weighted by atomic mass is 79.9. The number of halogens is 2. The molecule has 1 fully saturated rings. The number of amides is 1. The molecule has 0 aromatic heterocycles. The summed E-state index contributed by atoms with van der Waals surface area (Å²) in [5.74, 6) is -0.270. The molecule has 18 heavy (non-hydrogen) atoms. The lowest BCUT2D eigenvalue weighted by Gasteiger charge is -2.36. The average molecular weight is 332 g/mol. The van der Waals surface area contributed by atoms with E-state index in [0.717, 1.165) is 35.8 Å². The van der Waals surface area contributed by atoms with Crippen molar-refractivity contribution in [2.75, 3.05) is 5.32 Å². The van der Waals surface area contributed by atoms with Gasteiger partial charge in [0.2, 0.25) is 5.91 Å². The van der Waals surface area contributed by atoms with Crippen molar-refractivity contribution in [3.8, 4) is 0 Å². The molecule has 0 saturated heterocycles. The fourth-order valence-corrected chi connectivity index (χ4v) is 2.93. The molecular weight excluding hydrogens is 316 g/mol. The molecule has 0 atom stereocenters. The minimum Gasteiger partial charge on any atom is -0.371 e. The van der Waals surface area contributed by atoms with E-state index < -0.39 is 5.54 Å². The summed E-state index contributed by atoms with van der Waals surface area (Å²) in [6.45, 7) is 0. The Bertz CT molecular complexity index is 458. The summed E-state index contributed by atoms with van der Waals surface area (Å²) in [6, 6.07) is 5.54. The molecule has 0 spiro atoms. The summed E-state index contributed by atoms with van der Waals surface area (Å²) < 4.78 is 0.810. The lowest BCUT2D eigenvalue weighted by Crippen LogP contribution is -2.51. The largest absolute Gasteiger partial charge is 0.371 e. The summed E-state index contributed by atoms with van der Waals surface area (Å²) in [7, 11) is 0. The van der Waals surface area contributed by atoms with Crippen LogP contribution in [0, 0.1) is 0 Å². The number of nitrogens with one attached hydrogen (secondary N) is 1. The molecule has 5 heteroatoms. The highest BCUT2D eigenvalue weighted by molar-refractivity contribution is 9.10. The van der Waals surface area contributed by atoms with Crippen LogP contribution >= 0.6 is 27.5 Å². The van der Waals surface area contributed by atoms with Crippen LogP contribution in [-0.2, 0) is 4.79 Å². The zero-order chi connectivity index (χ0) is 13.2. The molecule has 0 unspecified atom stereocenters. The van der Waals surface area contributed by atoms with Gasteiger partial charge in [-0.1, -0.05) is 30.9 Å². The fourth-order valence-electron chi connectivity index (χ4n) is 2.44. The maximum Gasteiger partial charge on any atom is 0.243 e. The zero-order valence-electron chi connectivity index (χ0n) is 10.0. The topological polar surface area (TPSA) is 55.1 Å². The van der Waals surface area contributed by atoms with Crippen molar-refractivity contribution >= 4 is 39.1 Å². The van der Waals surface area contributed by atoms with Crippen LogP contribution in [0.4, 0.5) is 5.69 Å². The molecule has 0 radical (unpaired) electrons. The summed E-state index contributed by atoms with van der Waals surface area (Å²) in [5, 5.41) is 3.95. The van der Waals surface area contributed by atoms with E-state index in [9.17, 15) is 4.79 Å². The van der Waals surface area contributed by atoms with Crippen LogP contribution in [0.3, 0.4) is 0 Å². The van der Waals surface area contributed by atoms with Crippen molar-refractivity contribution < 1.29 is 4.79 Å². The maximum absolute atomic E-state index is 11.8. The lowest BCUT2D eigenvalue weighted by molar-refractivity contribution is -0.123. The van der Waals surface area contributed by atoms with Crippen LogP contribution in [0.25, 0.3) is 0 Å². The third-order valence-corrected chi connectivity index (χ3v) is 4.70. The van der Waals surface area contributed by atoms with E-state index >= 15 is 0 Å². The Balaban J connectivity index is 2.23. The predicted octanol–water partition coefficient (Wildman–Crippen LogP) is 3.70. The molecule has 0 aliphatic heterocycles. The van der Waals surface area contributed by atoms with Gasteiger partial charge in [-0.3, -0.25) is 4.79 Å². The first kappa shape index (κ1) is 13.7. The number of carbonyl (C=O) groups excluding carboxylic acids is 1. The molecule has 3 N–H and O–H groups in total. The number of anilines is 1. The van der Waals surface area contributed by atoms with Crippen molar-refractivity contribution in [3.63, 3.8) is 0 Å². The van der Waals surface area contributed by atoms with Gasteiger partial charge < -0.3 is 11.1 Å². The van der Waals surface area contributed by atoms with Crippen molar-refractivity contribution in [1.29, 1.82) is 0 Å². The first-order valence-electron chi connectivity index (χ1n) is 6.07. The van der Waals surface area contributed by atoms with Crippen LogP contribution in [-0.4, -0.2) is 11.4 Å². The average Bonchev–Trinajstić information content (AvgIpc) is 2.35. The summed E-state index contributed by atoms with van der Waals surface area (Å²) in [6.07, 6.45) is 4.82. The molecule has 1 aliphatic rings. The fraction of sp³-hybridized carbons (Fsp3) is 0.462. The Morgan fingerprint density at radius 1 is 1.33 bits per heavy atom. The number of hydrogen-bond acceptors (Lipinski definition) is 2. The Morgan fingerprint density at radius 2 is 2.00 bits per heavy atom. The number of benzene rings is 1. The predicted molar refractivity (Wildman–Crippen MR) is 77.8 cm³/mol. The van der Waals surface area contributed by atoms with Crippen LogP contribution in [0.5, 0.6) is 0 Å².